The molecule has 2 heterocycles. The fourth-order valence-electron chi connectivity index (χ4n) is 1.98. The van der Waals surface area contributed by atoms with E-state index in [0.717, 1.165) is 11.3 Å². The Morgan fingerprint density at radius 2 is 2.04 bits per heavy atom. The van der Waals surface area contributed by atoms with Crippen LogP contribution in [0.5, 0.6) is 11.5 Å². The molecule has 2 N–H and O–H groups in total. The molecule has 0 amide bonds. The van der Waals surface area contributed by atoms with Crippen molar-refractivity contribution in [1.82, 2.24) is 19.9 Å². The van der Waals surface area contributed by atoms with E-state index in [0.29, 0.717) is 27.6 Å². The van der Waals surface area contributed by atoms with E-state index in [9.17, 15) is 0 Å². The van der Waals surface area contributed by atoms with Crippen molar-refractivity contribution in [3.8, 4) is 11.5 Å². The van der Waals surface area contributed by atoms with Crippen LogP contribution in [0.25, 0.3) is 0 Å². The number of nitrogens with zero attached hydrogens (tertiary/aromatic N) is 4. The molecule has 130 valence electrons. The molecule has 0 aliphatic heterocycles. The summed E-state index contributed by atoms with van der Waals surface area (Å²) in [5.41, 5.74) is 1.02. The first-order valence-corrected chi connectivity index (χ1v) is 8.71. The quantitative estimate of drug-likeness (QED) is 0.384. The molecule has 3 aromatic rings. The number of thioether (sulfide) groups is 1. The standard InChI is InChI=1S/C16H16ClN5O2S/c1-23-12-3-2-4-13(7-12)24-9-15-20-21-16(22(15)18)25-10-11-5-6-14(17)19-8-11/h2-8H,9-10,18H2,1H3. The summed E-state index contributed by atoms with van der Waals surface area (Å²) in [5.74, 6) is 8.62. The number of nitrogens with two attached hydrogens (primary N) is 1. The van der Waals surface area contributed by atoms with Gasteiger partial charge in [-0.05, 0) is 23.8 Å². The molecule has 0 atom stereocenters. The Hall–Kier alpha value is -2.45. The molecule has 0 radical (unpaired) electrons. The van der Waals surface area contributed by atoms with Gasteiger partial charge in [-0.15, -0.1) is 10.2 Å². The average Bonchev–Trinajstić information content (AvgIpc) is 2.99. The van der Waals surface area contributed by atoms with E-state index in [1.165, 1.54) is 16.4 Å². The Morgan fingerprint density at radius 3 is 2.80 bits per heavy atom. The molecular formula is C16H16ClN5O2S. The van der Waals surface area contributed by atoms with Crippen LogP contribution in [-0.4, -0.2) is 27.0 Å². The Bertz CT molecular complexity index is 841. The van der Waals surface area contributed by atoms with Crippen molar-refractivity contribution in [2.45, 2.75) is 17.5 Å². The molecule has 0 aliphatic carbocycles. The van der Waals surface area contributed by atoms with E-state index < -0.39 is 0 Å². The molecule has 1 aromatic carbocycles. The number of methoxy groups -OCH3 is 1. The predicted molar refractivity (Wildman–Crippen MR) is 96.3 cm³/mol. The largest absolute Gasteiger partial charge is 0.497 e. The Kier molecular flexibility index (Phi) is 5.62. The maximum Gasteiger partial charge on any atom is 0.210 e. The Labute approximate surface area is 154 Å². The van der Waals surface area contributed by atoms with Gasteiger partial charge in [-0.1, -0.05) is 35.5 Å². The molecule has 0 unspecified atom stereocenters. The zero-order chi connectivity index (χ0) is 17.6. The lowest BCUT2D eigenvalue weighted by Gasteiger charge is -2.07. The van der Waals surface area contributed by atoms with Crippen LogP contribution >= 0.6 is 23.4 Å². The van der Waals surface area contributed by atoms with Gasteiger partial charge in [-0.3, -0.25) is 0 Å². The minimum atomic E-state index is 0.208. The summed E-state index contributed by atoms with van der Waals surface area (Å²) in [6, 6.07) is 11.0. The summed E-state index contributed by atoms with van der Waals surface area (Å²) in [5, 5.41) is 9.23. The van der Waals surface area contributed by atoms with Crippen molar-refractivity contribution in [3.63, 3.8) is 0 Å². The van der Waals surface area contributed by atoms with Gasteiger partial charge in [0.1, 0.15) is 23.3 Å². The molecule has 0 fully saturated rings. The summed E-state index contributed by atoms with van der Waals surface area (Å²) < 4.78 is 12.3. The number of benzene rings is 1. The molecule has 9 heteroatoms. The van der Waals surface area contributed by atoms with Gasteiger partial charge >= 0.3 is 0 Å². The second-order valence-electron chi connectivity index (χ2n) is 5.01. The summed E-state index contributed by atoms with van der Waals surface area (Å²) >= 11 is 7.24. The lowest BCUT2D eigenvalue weighted by atomic mass is 10.3. The average molecular weight is 378 g/mol. The van der Waals surface area contributed by atoms with Gasteiger partial charge in [0.05, 0.1) is 7.11 Å². The lowest BCUT2D eigenvalue weighted by Crippen LogP contribution is -2.15. The third-order valence-electron chi connectivity index (χ3n) is 3.30. The van der Waals surface area contributed by atoms with Gasteiger partial charge in [0, 0.05) is 18.0 Å². The zero-order valence-electron chi connectivity index (χ0n) is 13.4. The van der Waals surface area contributed by atoms with Gasteiger partial charge in [-0.2, -0.15) is 0 Å². The molecule has 25 heavy (non-hydrogen) atoms. The van der Waals surface area contributed by atoms with Crippen LogP contribution < -0.4 is 15.3 Å². The summed E-state index contributed by atoms with van der Waals surface area (Å²) in [6.45, 7) is 0.208. The summed E-state index contributed by atoms with van der Waals surface area (Å²) in [7, 11) is 1.61. The Balaban J connectivity index is 1.59. The number of hydrogen-bond acceptors (Lipinski definition) is 7. The normalized spacial score (nSPS) is 10.6. The fraction of sp³-hybridized carbons (Fsp3) is 0.188. The van der Waals surface area contributed by atoms with Gasteiger partial charge in [0.2, 0.25) is 5.16 Å². The van der Waals surface area contributed by atoms with Crippen molar-refractivity contribution in [1.29, 1.82) is 0 Å². The van der Waals surface area contributed by atoms with E-state index in [2.05, 4.69) is 15.2 Å². The van der Waals surface area contributed by atoms with Crippen molar-refractivity contribution in [3.05, 3.63) is 59.1 Å². The number of pyridine rings is 1. The maximum absolute atomic E-state index is 6.04. The molecule has 0 saturated heterocycles. The SMILES string of the molecule is COc1cccc(OCc2nnc(SCc3ccc(Cl)nc3)n2N)c1. The first kappa shape index (κ1) is 17.4. The monoisotopic (exact) mass is 377 g/mol. The van der Waals surface area contributed by atoms with Crippen molar-refractivity contribution in [2.24, 2.45) is 0 Å². The fourth-order valence-corrected chi connectivity index (χ4v) is 2.90. The maximum atomic E-state index is 6.04. The molecular weight excluding hydrogens is 362 g/mol. The smallest absolute Gasteiger partial charge is 0.210 e. The third kappa shape index (κ3) is 4.55. The topological polar surface area (TPSA) is 88.1 Å². The van der Waals surface area contributed by atoms with Crippen LogP contribution in [0, 0.1) is 0 Å². The van der Waals surface area contributed by atoms with Crippen LogP contribution in [0.15, 0.2) is 47.8 Å². The molecule has 3 rings (SSSR count). The van der Waals surface area contributed by atoms with E-state index in [1.54, 1.807) is 25.4 Å². The number of rotatable bonds is 7. The lowest BCUT2D eigenvalue weighted by molar-refractivity contribution is 0.289. The number of ether oxygens (including phenoxy) is 2. The summed E-state index contributed by atoms with van der Waals surface area (Å²) in [6.07, 6.45) is 1.72. The first-order valence-electron chi connectivity index (χ1n) is 7.35. The molecule has 0 saturated carbocycles. The molecule has 7 nitrogen and oxygen atoms in total. The molecule has 2 aromatic heterocycles. The van der Waals surface area contributed by atoms with Gasteiger partial charge < -0.3 is 15.3 Å². The van der Waals surface area contributed by atoms with Crippen LogP contribution in [-0.2, 0) is 12.4 Å². The van der Waals surface area contributed by atoms with Gasteiger partial charge in [0.15, 0.2) is 5.82 Å². The van der Waals surface area contributed by atoms with Crippen molar-refractivity contribution < 1.29 is 9.47 Å². The minimum absolute atomic E-state index is 0.208. The van der Waals surface area contributed by atoms with Crippen LogP contribution in [0.4, 0.5) is 0 Å². The zero-order valence-corrected chi connectivity index (χ0v) is 15.0. The molecule has 0 spiro atoms. The first-order chi connectivity index (χ1) is 12.2. The van der Waals surface area contributed by atoms with E-state index in [4.69, 9.17) is 26.9 Å². The van der Waals surface area contributed by atoms with E-state index in [1.807, 2.05) is 24.3 Å². The number of aromatic nitrogens is 4. The van der Waals surface area contributed by atoms with Crippen LogP contribution in [0.3, 0.4) is 0 Å². The highest BCUT2D eigenvalue weighted by Gasteiger charge is 2.11. The second kappa shape index (κ2) is 8.09. The Morgan fingerprint density at radius 1 is 1.20 bits per heavy atom. The van der Waals surface area contributed by atoms with E-state index >= 15 is 0 Å². The number of halogens is 1. The van der Waals surface area contributed by atoms with E-state index in [-0.39, 0.29) is 6.61 Å². The highest BCUT2D eigenvalue weighted by Crippen LogP contribution is 2.22. The second-order valence-corrected chi connectivity index (χ2v) is 6.34. The highest BCUT2D eigenvalue weighted by molar-refractivity contribution is 7.98. The number of nitrogen functional groups attached to an aromatic ring is 1. The molecule has 0 bridgehead atoms. The third-order valence-corrected chi connectivity index (χ3v) is 4.54. The number of hydrogen-bond donors (Lipinski definition) is 1. The minimum Gasteiger partial charge on any atom is -0.497 e. The predicted octanol–water partition coefficient (Wildman–Crippen LogP) is 2.92. The van der Waals surface area contributed by atoms with Crippen LogP contribution in [0.2, 0.25) is 5.15 Å². The van der Waals surface area contributed by atoms with Crippen molar-refractivity contribution in [2.75, 3.05) is 13.0 Å². The molecule has 0 aliphatic rings. The van der Waals surface area contributed by atoms with Gasteiger partial charge in [-0.25, -0.2) is 9.66 Å². The highest BCUT2D eigenvalue weighted by atomic mass is 35.5. The van der Waals surface area contributed by atoms with Crippen LogP contribution in [0.1, 0.15) is 11.4 Å². The summed E-state index contributed by atoms with van der Waals surface area (Å²) in [4.78, 5) is 4.04. The van der Waals surface area contributed by atoms with Gasteiger partial charge in [0.25, 0.3) is 0 Å². The van der Waals surface area contributed by atoms with Crippen molar-refractivity contribution >= 4 is 23.4 Å².